The predicted molar refractivity (Wildman–Crippen MR) is 65.0 cm³/mol. The van der Waals surface area contributed by atoms with Crippen LogP contribution in [-0.4, -0.2) is 17.3 Å². The average Bonchev–Trinajstić information content (AvgIpc) is 2.16. The van der Waals surface area contributed by atoms with E-state index >= 15 is 0 Å². The number of hydrogen-bond acceptors (Lipinski definition) is 2. The van der Waals surface area contributed by atoms with Crippen molar-refractivity contribution < 1.29 is 5.11 Å². The third kappa shape index (κ3) is 2.94. The summed E-state index contributed by atoms with van der Waals surface area (Å²) in [7, 11) is 0. The van der Waals surface area contributed by atoms with Crippen LogP contribution >= 0.6 is 27.5 Å². The van der Waals surface area contributed by atoms with Crippen molar-refractivity contribution in [2.75, 3.05) is 0 Å². The molecule has 1 fully saturated rings. The van der Waals surface area contributed by atoms with Crippen LogP contribution in [-0.2, 0) is 6.54 Å². The molecule has 1 saturated carbocycles. The van der Waals surface area contributed by atoms with Gasteiger partial charge in [-0.15, -0.1) is 0 Å². The molecule has 0 unspecified atom stereocenters. The van der Waals surface area contributed by atoms with E-state index in [9.17, 15) is 0 Å². The molecule has 0 heterocycles. The lowest BCUT2D eigenvalue weighted by atomic mass is 9.89. The SMILES string of the molecule is OC1CC(NCc2ccc(Br)c(Cl)c2)C1. The van der Waals surface area contributed by atoms with Gasteiger partial charge in [-0.25, -0.2) is 0 Å². The molecule has 0 aliphatic heterocycles. The molecule has 2 rings (SSSR count). The van der Waals surface area contributed by atoms with E-state index in [2.05, 4.69) is 21.2 Å². The van der Waals surface area contributed by atoms with Gasteiger partial charge in [0.15, 0.2) is 0 Å². The van der Waals surface area contributed by atoms with E-state index in [1.54, 1.807) is 0 Å². The number of halogens is 2. The van der Waals surface area contributed by atoms with E-state index in [1.165, 1.54) is 5.56 Å². The summed E-state index contributed by atoms with van der Waals surface area (Å²) in [5.74, 6) is 0. The fourth-order valence-electron chi connectivity index (χ4n) is 1.67. The molecule has 2 nitrogen and oxygen atoms in total. The van der Waals surface area contributed by atoms with Crippen LogP contribution in [0.5, 0.6) is 0 Å². The number of nitrogens with one attached hydrogen (secondary N) is 1. The van der Waals surface area contributed by atoms with Crippen LogP contribution in [0.1, 0.15) is 18.4 Å². The van der Waals surface area contributed by atoms with Gasteiger partial charge in [0.1, 0.15) is 0 Å². The predicted octanol–water partition coefficient (Wildman–Crippen LogP) is 2.72. The van der Waals surface area contributed by atoms with Crippen molar-refractivity contribution in [2.45, 2.75) is 31.5 Å². The van der Waals surface area contributed by atoms with Gasteiger partial charge in [0, 0.05) is 17.1 Å². The van der Waals surface area contributed by atoms with Crippen molar-refractivity contribution >= 4 is 27.5 Å². The smallest absolute Gasteiger partial charge is 0.0570 e. The molecule has 0 spiro atoms. The van der Waals surface area contributed by atoms with Gasteiger partial charge < -0.3 is 10.4 Å². The van der Waals surface area contributed by atoms with Crippen molar-refractivity contribution in [2.24, 2.45) is 0 Å². The zero-order valence-corrected chi connectivity index (χ0v) is 10.6. The first kappa shape index (κ1) is 11.4. The molecule has 0 saturated heterocycles. The molecule has 4 heteroatoms. The summed E-state index contributed by atoms with van der Waals surface area (Å²) < 4.78 is 0.923. The highest BCUT2D eigenvalue weighted by atomic mass is 79.9. The minimum absolute atomic E-state index is 0.101. The lowest BCUT2D eigenvalue weighted by Gasteiger charge is -2.32. The monoisotopic (exact) mass is 289 g/mol. The zero-order chi connectivity index (χ0) is 10.8. The Morgan fingerprint density at radius 2 is 2.20 bits per heavy atom. The van der Waals surface area contributed by atoms with Gasteiger partial charge in [0.05, 0.1) is 11.1 Å². The molecule has 0 aromatic heterocycles. The summed E-state index contributed by atoms with van der Waals surface area (Å²) in [5, 5.41) is 13.2. The first-order valence-corrected chi connectivity index (χ1v) is 6.17. The molecular weight excluding hydrogens is 277 g/mol. The van der Waals surface area contributed by atoms with Gasteiger partial charge in [0.25, 0.3) is 0 Å². The summed E-state index contributed by atoms with van der Waals surface area (Å²) >= 11 is 9.34. The highest BCUT2D eigenvalue weighted by Gasteiger charge is 2.26. The van der Waals surface area contributed by atoms with E-state index in [-0.39, 0.29) is 6.10 Å². The van der Waals surface area contributed by atoms with Gasteiger partial charge in [-0.3, -0.25) is 0 Å². The number of aliphatic hydroxyl groups is 1. The summed E-state index contributed by atoms with van der Waals surface area (Å²) in [6, 6.07) is 6.41. The Morgan fingerprint density at radius 3 is 2.80 bits per heavy atom. The van der Waals surface area contributed by atoms with Crippen LogP contribution in [0.25, 0.3) is 0 Å². The van der Waals surface area contributed by atoms with Crippen LogP contribution < -0.4 is 5.32 Å². The fourth-order valence-corrected chi connectivity index (χ4v) is 2.12. The Bertz CT molecular complexity index is 352. The lowest BCUT2D eigenvalue weighted by molar-refractivity contribution is 0.0619. The standard InChI is InChI=1S/C11H13BrClNO/c12-10-2-1-7(3-11(10)13)6-14-8-4-9(15)5-8/h1-3,8-9,14-15H,4-6H2. The zero-order valence-electron chi connectivity index (χ0n) is 8.21. The van der Waals surface area contributed by atoms with Gasteiger partial charge in [-0.1, -0.05) is 17.7 Å². The average molecular weight is 291 g/mol. The molecule has 1 aromatic rings. The second kappa shape index (κ2) is 4.83. The molecule has 0 radical (unpaired) electrons. The maximum absolute atomic E-state index is 9.13. The van der Waals surface area contributed by atoms with Crippen LogP contribution in [0, 0.1) is 0 Å². The van der Waals surface area contributed by atoms with Crippen LogP contribution in [0.4, 0.5) is 0 Å². The molecule has 0 amide bonds. The third-order valence-electron chi connectivity index (χ3n) is 2.69. The summed E-state index contributed by atoms with van der Waals surface area (Å²) in [6.45, 7) is 0.810. The van der Waals surface area contributed by atoms with Crippen molar-refractivity contribution in [1.29, 1.82) is 0 Å². The van der Waals surface area contributed by atoms with Crippen LogP contribution in [0.3, 0.4) is 0 Å². The summed E-state index contributed by atoms with van der Waals surface area (Å²) in [5.41, 5.74) is 1.17. The topological polar surface area (TPSA) is 32.3 Å². The van der Waals surface area contributed by atoms with E-state index in [0.717, 1.165) is 28.9 Å². The highest BCUT2D eigenvalue weighted by molar-refractivity contribution is 9.10. The minimum atomic E-state index is -0.101. The maximum Gasteiger partial charge on any atom is 0.0570 e. The molecule has 1 aromatic carbocycles. The number of aliphatic hydroxyl groups excluding tert-OH is 1. The van der Waals surface area contributed by atoms with E-state index < -0.39 is 0 Å². The van der Waals surface area contributed by atoms with Gasteiger partial charge in [-0.2, -0.15) is 0 Å². The van der Waals surface area contributed by atoms with E-state index in [0.29, 0.717) is 6.04 Å². The number of benzene rings is 1. The Labute approximate surface area is 103 Å². The fraction of sp³-hybridized carbons (Fsp3) is 0.455. The number of hydrogen-bond donors (Lipinski definition) is 2. The molecule has 0 bridgehead atoms. The Hall–Kier alpha value is -0.0900. The Kier molecular flexibility index (Phi) is 3.67. The second-order valence-corrected chi connectivity index (χ2v) is 5.21. The van der Waals surface area contributed by atoms with E-state index in [1.807, 2.05) is 18.2 Å². The largest absolute Gasteiger partial charge is 0.393 e. The maximum atomic E-state index is 9.13. The quantitative estimate of drug-likeness (QED) is 0.897. The van der Waals surface area contributed by atoms with Crippen molar-refractivity contribution in [3.63, 3.8) is 0 Å². The van der Waals surface area contributed by atoms with Gasteiger partial charge in [0.2, 0.25) is 0 Å². The van der Waals surface area contributed by atoms with Crippen molar-refractivity contribution in [3.8, 4) is 0 Å². The first-order valence-electron chi connectivity index (χ1n) is 5.00. The van der Waals surface area contributed by atoms with E-state index in [4.69, 9.17) is 16.7 Å². The first-order chi connectivity index (χ1) is 7.15. The Balaban J connectivity index is 1.86. The molecule has 0 atom stereocenters. The van der Waals surface area contributed by atoms with Crippen LogP contribution in [0.15, 0.2) is 22.7 Å². The van der Waals surface area contributed by atoms with Crippen molar-refractivity contribution in [1.82, 2.24) is 5.32 Å². The van der Waals surface area contributed by atoms with Gasteiger partial charge >= 0.3 is 0 Å². The summed E-state index contributed by atoms with van der Waals surface area (Å²) in [6.07, 6.45) is 1.63. The van der Waals surface area contributed by atoms with Crippen molar-refractivity contribution in [3.05, 3.63) is 33.3 Å². The molecular formula is C11H13BrClNO. The molecule has 15 heavy (non-hydrogen) atoms. The second-order valence-electron chi connectivity index (χ2n) is 3.95. The highest BCUT2D eigenvalue weighted by Crippen LogP contribution is 2.24. The number of rotatable bonds is 3. The summed E-state index contributed by atoms with van der Waals surface area (Å²) in [4.78, 5) is 0. The third-order valence-corrected chi connectivity index (χ3v) is 3.92. The lowest BCUT2D eigenvalue weighted by Crippen LogP contribution is -2.43. The van der Waals surface area contributed by atoms with Gasteiger partial charge in [-0.05, 0) is 46.5 Å². The normalized spacial score (nSPS) is 25.0. The Morgan fingerprint density at radius 1 is 1.47 bits per heavy atom. The minimum Gasteiger partial charge on any atom is -0.393 e. The molecule has 1 aliphatic carbocycles. The molecule has 1 aliphatic rings. The molecule has 2 N–H and O–H groups in total. The molecule has 82 valence electrons. The van der Waals surface area contributed by atoms with Crippen LogP contribution in [0.2, 0.25) is 5.02 Å².